The van der Waals surface area contributed by atoms with E-state index in [9.17, 15) is 4.79 Å². The van der Waals surface area contributed by atoms with Crippen LogP contribution < -0.4 is 0 Å². The van der Waals surface area contributed by atoms with E-state index in [1.165, 1.54) is 0 Å². The molecule has 0 unspecified atom stereocenters. The molecule has 1 saturated carbocycles. The average molecular weight is 212 g/mol. The number of carbonyl (C=O) groups is 1. The predicted octanol–water partition coefficient (Wildman–Crippen LogP) is 0.489. The van der Waals surface area contributed by atoms with Crippen LogP contribution in [0.25, 0.3) is 0 Å². The Morgan fingerprint density at radius 3 is 2.13 bits per heavy atom. The average Bonchev–Trinajstić information content (AvgIpc) is 3.00. The number of nitrogens with zero attached hydrogens (tertiary/aromatic N) is 2. The van der Waals surface area contributed by atoms with Gasteiger partial charge in [-0.3, -0.25) is 9.69 Å². The molecule has 1 aliphatic carbocycles. The van der Waals surface area contributed by atoms with E-state index in [1.807, 2.05) is 0 Å². The highest BCUT2D eigenvalue weighted by atomic mass is 16.4. The van der Waals surface area contributed by atoms with Crippen molar-refractivity contribution < 1.29 is 9.90 Å². The summed E-state index contributed by atoms with van der Waals surface area (Å²) in [4.78, 5) is 15.8. The van der Waals surface area contributed by atoms with Gasteiger partial charge >= 0.3 is 5.97 Å². The Morgan fingerprint density at radius 1 is 1.20 bits per heavy atom. The minimum atomic E-state index is -0.597. The molecule has 15 heavy (non-hydrogen) atoms. The molecule has 0 amide bonds. The summed E-state index contributed by atoms with van der Waals surface area (Å²) in [7, 11) is 0. The summed E-state index contributed by atoms with van der Waals surface area (Å²) in [6, 6.07) is 0. The molecule has 2 aliphatic rings. The number of rotatable bonds is 4. The maximum atomic E-state index is 11.0. The second-order valence-electron chi connectivity index (χ2n) is 4.80. The van der Waals surface area contributed by atoms with Gasteiger partial charge < -0.3 is 10.0 Å². The van der Waals surface area contributed by atoms with Crippen LogP contribution in [0, 0.1) is 5.41 Å². The van der Waals surface area contributed by atoms with Gasteiger partial charge in [-0.2, -0.15) is 0 Å². The molecular weight excluding hydrogens is 192 g/mol. The molecule has 0 radical (unpaired) electrons. The van der Waals surface area contributed by atoms with Gasteiger partial charge in [0, 0.05) is 32.7 Å². The lowest BCUT2D eigenvalue weighted by atomic mass is 10.1. The zero-order valence-electron chi connectivity index (χ0n) is 9.41. The Kier molecular flexibility index (Phi) is 2.98. The van der Waals surface area contributed by atoms with E-state index in [-0.39, 0.29) is 5.41 Å². The summed E-state index contributed by atoms with van der Waals surface area (Å²) in [5.74, 6) is -0.597. The van der Waals surface area contributed by atoms with Crippen molar-refractivity contribution in [2.45, 2.75) is 19.8 Å². The first kappa shape index (κ1) is 10.9. The van der Waals surface area contributed by atoms with Crippen molar-refractivity contribution in [1.82, 2.24) is 9.80 Å². The van der Waals surface area contributed by atoms with Gasteiger partial charge in [-0.05, 0) is 19.4 Å². The number of aliphatic carboxylic acids is 1. The summed E-state index contributed by atoms with van der Waals surface area (Å²) in [5, 5.41) is 9.10. The van der Waals surface area contributed by atoms with Crippen molar-refractivity contribution in [3.63, 3.8) is 0 Å². The van der Waals surface area contributed by atoms with Crippen molar-refractivity contribution >= 4 is 5.97 Å². The monoisotopic (exact) mass is 212 g/mol. The number of carboxylic acids is 1. The molecule has 0 aromatic rings. The smallest absolute Gasteiger partial charge is 0.310 e. The van der Waals surface area contributed by atoms with E-state index in [4.69, 9.17) is 5.11 Å². The summed E-state index contributed by atoms with van der Waals surface area (Å²) in [6.07, 6.45) is 1.74. The standard InChI is InChI=1S/C11H20N2O2/c1-2-12-5-7-13(8-6-12)9-11(3-4-11)10(14)15/h2-9H2,1H3,(H,14,15). The first-order valence-corrected chi connectivity index (χ1v) is 5.84. The van der Waals surface area contributed by atoms with Gasteiger partial charge in [-0.15, -0.1) is 0 Å². The van der Waals surface area contributed by atoms with Gasteiger partial charge in [0.15, 0.2) is 0 Å². The van der Waals surface area contributed by atoms with Gasteiger partial charge in [-0.25, -0.2) is 0 Å². The highest BCUT2D eigenvalue weighted by Gasteiger charge is 2.51. The molecule has 4 heteroatoms. The Balaban J connectivity index is 1.80. The summed E-state index contributed by atoms with van der Waals surface area (Å²) >= 11 is 0. The first-order chi connectivity index (χ1) is 7.16. The minimum absolute atomic E-state index is 0.381. The molecule has 0 spiro atoms. The van der Waals surface area contributed by atoms with Crippen molar-refractivity contribution in [2.24, 2.45) is 5.41 Å². The molecule has 1 N–H and O–H groups in total. The molecule has 86 valence electrons. The lowest BCUT2D eigenvalue weighted by molar-refractivity contribution is -0.144. The molecule has 1 saturated heterocycles. The summed E-state index contributed by atoms with van der Waals surface area (Å²) in [5.41, 5.74) is -0.381. The maximum Gasteiger partial charge on any atom is 0.310 e. The van der Waals surface area contributed by atoms with Crippen LogP contribution in [0.4, 0.5) is 0 Å². The lowest BCUT2D eigenvalue weighted by Gasteiger charge is -2.35. The van der Waals surface area contributed by atoms with Gasteiger partial charge in [0.25, 0.3) is 0 Å². The van der Waals surface area contributed by atoms with Crippen LogP contribution in [-0.2, 0) is 4.79 Å². The van der Waals surface area contributed by atoms with Crippen LogP contribution in [0.3, 0.4) is 0 Å². The van der Waals surface area contributed by atoms with Crippen LogP contribution in [0.15, 0.2) is 0 Å². The highest BCUT2D eigenvalue weighted by Crippen LogP contribution is 2.46. The third-order valence-corrected chi connectivity index (χ3v) is 3.75. The quantitative estimate of drug-likeness (QED) is 0.736. The molecule has 0 bridgehead atoms. The van der Waals surface area contributed by atoms with Crippen LogP contribution in [0.5, 0.6) is 0 Å². The molecule has 0 aromatic carbocycles. The first-order valence-electron chi connectivity index (χ1n) is 5.84. The third-order valence-electron chi connectivity index (χ3n) is 3.75. The number of likely N-dealkylation sites (N-methyl/N-ethyl adjacent to an activating group) is 1. The number of piperazine rings is 1. The Labute approximate surface area is 90.9 Å². The molecule has 2 rings (SSSR count). The molecule has 0 atom stereocenters. The largest absolute Gasteiger partial charge is 0.481 e. The van der Waals surface area contributed by atoms with Gasteiger partial charge in [0.1, 0.15) is 0 Å². The fourth-order valence-electron chi connectivity index (χ4n) is 2.28. The van der Waals surface area contributed by atoms with E-state index in [2.05, 4.69) is 16.7 Å². The van der Waals surface area contributed by atoms with Crippen molar-refractivity contribution in [2.75, 3.05) is 39.3 Å². The van der Waals surface area contributed by atoms with Gasteiger partial charge in [-0.1, -0.05) is 6.92 Å². The molecule has 4 nitrogen and oxygen atoms in total. The highest BCUT2D eigenvalue weighted by molar-refractivity contribution is 5.78. The van der Waals surface area contributed by atoms with Gasteiger partial charge in [0.05, 0.1) is 5.41 Å². The van der Waals surface area contributed by atoms with Crippen molar-refractivity contribution in [1.29, 1.82) is 0 Å². The Morgan fingerprint density at radius 2 is 1.73 bits per heavy atom. The molecular formula is C11H20N2O2. The third kappa shape index (κ3) is 2.32. The molecule has 1 aliphatic heterocycles. The zero-order chi connectivity index (χ0) is 10.9. The molecule has 0 aromatic heterocycles. The van der Waals surface area contributed by atoms with Crippen molar-refractivity contribution in [3.05, 3.63) is 0 Å². The fraction of sp³-hybridized carbons (Fsp3) is 0.909. The van der Waals surface area contributed by atoms with Crippen LogP contribution in [0.2, 0.25) is 0 Å². The normalized spacial score (nSPS) is 26.5. The van der Waals surface area contributed by atoms with E-state index >= 15 is 0 Å². The SMILES string of the molecule is CCN1CCN(CC2(C(=O)O)CC2)CC1. The number of hydrogen-bond donors (Lipinski definition) is 1. The zero-order valence-corrected chi connectivity index (χ0v) is 9.41. The summed E-state index contributed by atoms with van der Waals surface area (Å²) < 4.78 is 0. The number of carboxylic acid groups (broad SMARTS) is 1. The van der Waals surface area contributed by atoms with Crippen LogP contribution in [0.1, 0.15) is 19.8 Å². The molecule has 1 heterocycles. The van der Waals surface area contributed by atoms with E-state index in [1.54, 1.807) is 0 Å². The lowest BCUT2D eigenvalue weighted by Crippen LogP contribution is -2.48. The molecule has 2 fully saturated rings. The minimum Gasteiger partial charge on any atom is -0.481 e. The van der Waals surface area contributed by atoms with Crippen molar-refractivity contribution in [3.8, 4) is 0 Å². The fourth-order valence-corrected chi connectivity index (χ4v) is 2.28. The van der Waals surface area contributed by atoms with E-state index in [0.717, 1.165) is 52.1 Å². The van der Waals surface area contributed by atoms with E-state index < -0.39 is 5.97 Å². The Hall–Kier alpha value is -0.610. The second kappa shape index (κ2) is 4.10. The second-order valence-corrected chi connectivity index (χ2v) is 4.80. The van der Waals surface area contributed by atoms with Gasteiger partial charge in [0.2, 0.25) is 0 Å². The summed E-state index contributed by atoms with van der Waals surface area (Å²) in [6.45, 7) is 8.29. The van der Waals surface area contributed by atoms with Crippen LogP contribution in [-0.4, -0.2) is 60.1 Å². The Bertz CT molecular complexity index is 243. The maximum absolute atomic E-state index is 11.0. The predicted molar refractivity (Wildman–Crippen MR) is 57.9 cm³/mol. The van der Waals surface area contributed by atoms with Crippen LogP contribution >= 0.6 is 0 Å². The topological polar surface area (TPSA) is 43.8 Å². The van der Waals surface area contributed by atoms with E-state index in [0.29, 0.717) is 0 Å². The number of hydrogen-bond acceptors (Lipinski definition) is 3.